The first kappa shape index (κ1) is 23.5. The second-order valence-corrected chi connectivity index (χ2v) is 10.3. The van der Waals surface area contributed by atoms with E-state index in [0.29, 0.717) is 36.7 Å². The van der Waals surface area contributed by atoms with Crippen LogP contribution in [-0.4, -0.2) is 74.2 Å². The van der Waals surface area contributed by atoms with Gasteiger partial charge in [0.1, 0.15) is 5.75 Å². The molecule has 2 heterocycles. The molecule has 2 aliphatic rings. The Labute approximate surface area is 194 Å². The van der Waals surface area contributed by atoms with Gasteiger partial charge in [-0.3, -0.25) is 4.90 Å². The number of urea groups is 1. The van der Waals surface area contributed by atoms with Crippen LogP contribution in [0.3, 0.4) is 0 Å². The minimum Gasteiger partial charge on any atom is -0.508 e. The van der Waals surface area contributed by atoms with E-state index in [1.54, 1.807) is 35.5 Å². The Morgan fingerprint density at radius 1 is 1.06 bits per heavy atom. The lowest BCUT2D eigenvalue weighted by Gasteiger charge is -2.32. The maximum absolute atomic E-state index is 13.3. The Kier molecular flexibility index (Phi) is 7.18. The second kappa shape index (κ2) is 10.1. The molecule has 3 N–H and O–H groups in total. The van der Waals surface area contributed by atoms with Gasteiger partial charge in [0, 0.05) is 49.7 Å². The Bertz CT molecular complexity index is 1080. The summed E-state index contributed by atoms with van der Waals surface area (Å²) in [7, 11) is -3.62. The number of carbonyl (C=O) groups is 1. The smallest absolute Gasteiger partial charge is 0.323 e. The van der Waals surface area contributed by atoms with Crippen molar-refractivity contribution in [3.05, 3.63) is 48.0 Å². The summed E-state index contributed by atoms with van der Waals surface area (Å²) in [5.74, 6) is 0.0937. The molecule has 0 saturated carbocycles. The van der Waals surface area contributed by atoms with Crippen molar-refractivity contribution in [3.63, 3.8) is 0 Å². The van der Waals surface area contributed by atoms with Gasteiger partial charge >= 0.3 is 6.03 Å². The van der Waals surface area contributed by atoms with Crippen molar-refractivity contribution in [3.8, 4) is 5.75 Å². The minimum absolute atomic E-state index is 0.0393. The summed E-state index contributed by atoms with van der Waals surface area (Å²) in [4.78, 5) is 14.7. The summed E-state index contributed by atoms with van der Waals surface area (Å²) in [6.45, 7) is 6.03. The summed E-state index contributed by atoms with van der Waals surface area (Å²) < 4.78 is 33.6. The highest BCUT2D eigenvalue weighted by Crippen LogP contribution is 2.28. The van der Waals surface area contributed by atoms with Gasteiger partial charge in [0.05, 0.1) is 18.1 Å². The molecule has 2 fully saturated rings. The SMILES string of the molecule is Cc1ccc(NC(=O)Nc2ccc(S(=O)(=O)N3CCC[C@@H]3CN3CCOCC3)cc2)cc1O. The second-order valence-electron chi connectivity index (χ2n) is 8.43. The third kappa shape index (κ3) is 5.64. The van der Waals surface area contributed by atoms with Gasteiger partial charge in [-0.2, -0.15) is 4.31 Å². The van der Waals surface area contributed by atoms with E-state index in [-0.39, 0.29) is 16.7 Å². The van der Waals surface area contributed by atoms with Crippen molar-refractivity contribution in [2.45, 2.75) is 30.7 Å². The number of morpholine rings is 1. The van der Waals surface area contributed by atoms with Gasteiger partial charge in [-0.15, -0.1) is 0 Å². The maximum Gasteiger partial charge on any atom is 0.323 e. The van der Waals surface area contributed by atoms with Crippen LogP contribution in [-0.2, 0) is 14.8 Å². The quantitative estimate of drug-likeness (QED) is 0.594. The molecule has 178 valence electrons. The summed E-state index contributed by atoms with van der Waals surface area (Å²) in [5.41, 5.74) is 1.63. The molecule has 2 amide bonds. The van der Waals surface area contributed by atoms with Crippen molar-refractivity contribution in [1.82, 2.24) is 9.21 Å². The number of amides is 2. The predicted octanol–water partition coefficient (Wildman–Crippen LogP) is 2.83. The van der Waals surface area contributed by atoms with Gasteiger partial charge in [-0.05, 0) is 55.7 Å². The lowest BCUT2D eigenvalue weighted by atomic mass is 10.2. The monoisotopic (exact) mass is 474 g/mol. The van der Waals surface area contributed by atoms with E-state index < -0.39 is 16.1 Å². The van der Waals surface area contributed by atoms with Crippen LogP contribution in [0.25, 0.3) is 0 Å². The molecule has 9 nitrogen and oxygen atoms in total. The van der Waals surface area contributed by atoms with E-state index in [4.69, 9.17) is 4.74 Å². The number of sulfonamides is 1. The number of hydrogen-bond donors (Lipinski definition) is 3. The Hall–Kier alpha value is -2.66. The molecular formula is C23H30N4O5S. The van der Waals surface area contributed by atoms with Crippen LogP contribution in [0.4, 0.5) is 16.2 Å². The largest absolute Gasteiger partial charge is 0.508 e. The zero-order valence-corrected chi connectivity index (χ0v) is 19.5. The van der Waals surface area contributed by atoms with Crippen LogP contribution >= 0.6 is 0 Å². The number of aryl methyl sites for hydroxylation is 1. The molecule has 33 heavy (non-hydrogen) atoms. The number of ether oxygens (including phenoxy) is 1. The fraction of sp³-hybridized carbons (Fsp3) is 0.435. The number of nitrogens with zero attached hydrogens (tertiary/aromatic N) is 2. The number of benzene rings is 2. The van der Waals surface area contributed by atoms with Crippen molar-refractivity contribution in [2.24, 2.45) is 0 Å². The van der Waals surface area contributed by atoms with E-state index in [2.05, 4.69) is 15.5 Å². The molecule has 4 rings (SSSR count). The molecule has 2 aromatic rings. The first-order valence-corrected chi connectivity index (χ1v) is 12.6. The summed E-state index contributed by atoms with van der Waals surface area (Å²) in [6.07, 6.45) is 1.70. The average molecular weight is 475 g/mol. The molecule has 2 aliphatic heterocycles. The topological polar surface area (TPSA) is 111 Å². The van der Waals surface area contributed by atoms with E-state index >= 15 is 0 Å². The molecule has 0 aliphatic carbocycles. The standard InChI is InChI=1S/C23H30N4O5S/c1-17-4-5-19(15-22(17)28)25-23(29)24-18-6-8-21(9-7-18)33(30,31)27-10-2-3-20(27)16-26-11-13-32-14-12-26/h4-9,15,20,28H,2-3,10-14,16H2,1H3,(H2,24,25,29)/t20-/m1/s1. The number of phenols is 1. The molecule has 0 bridgehead atoms. The van der Waals surface area contributed by atoms with Gasteiger partial charge in [0.25, 0.3) is 0 Å². The predicted molar refractivity (Wildman–Crippen MR) is 126 cm³/mol. The molecule has 0 aromatic heterocycles. The van der Waals surface area contributed by atoms with Gasteiger partial charge in [0.15, 0.2) is 0 Å². The molecule has 0 unspecified atom stereocenters. The Balaban J connectivity index is 1.38. The third-order valence-electron chi connectivity index (χ3n) is 6.08. The molecule has 1 atom stereocenters. The highest BCUT2D eigenvalue weighted by atomic mass is 32.2. The fourth-order valence-corrected chi connectivity index (χ4v) is 5.90. The molecule has 0 radical (unpaired) electrons. The Morgan fingerprint density at radius 3 is 2.42 bits per heavy atom. The summed E-state index contributed by atoms with van der Waals surface area (Å²) in [6, 6.07) is 10.5. The van der Waals surface area contributed by atoms with Crippen LogP contribution < -0.4 is 10.6 Å². The number of rotatable bonds is 6. The number of anilines is 2. The van der Waals surface area contributed by atoms with E-state index in [1.807, 2.05) is 0 Å². The van der Waals surface area contributed by atoms with Crippen molar-refractivity contribution < 1.29 is 23.1 Å². The van der Waals surface area contributed by atoms with Gasteiger partial charge in [-0.1, -0.05) is 6.07 Å². The van der Waals surface area contributed by atoms with Crippen molar-refractivity contribution in [2.75, 3.05) is 50.0 Å². The molecule has 0 spiro atoms. The maximum atomic E-state index is 13.3. The zero-order chi connectivity index (χ0) is 23.4. The lowest BCUT2D eigenvalue weighted by Crippen LogP contribution is -2.46. The van der Waals surface area contributed by atoms with Crippen molar-refractivity contribution in [1.29, 1.82) is 0 Å². The van der Waals surface area contributed by atoms with E-state index in [0.717, 1.165) is 32.5 Å². The normalized spacial score (nSPS) is 20.0. The fourth-order valence-electron chi connectivity index (χ4n) is 4.22. The highest BCUT2D eigenvalue weighted by molar-refractivity contribution is 7.89. The van der Waals surface area contributed by atoms with Gasteiger partial charge in [0.2, 0.25) is 10.0 Å². The van der Waals surface area contributed by atoms with Crippen LogP contribution in [0.1, 0.15) is 18.4 Å². The number of aromatic hydroxyl groups is 1. The van der Waals surface area contributed by atoms with E-state index in [1.165, 1.54) is 18.2 Å². The van der Waals surface area contributed by atoms with Crippen LogP contribution in [0.15, 0.2) is 47.4 Å². The Morgan fingerprint density at radius 2 is 1.73 bits per heavy atom. The first-order chi connectivity index (χ1) is 15.8. The number of hydrogen-bond acceptors (Lipinski definition) is 6. The van der Waals surface area contributed by atoms with Crippen LogP contribution in [0, 0.1) is 6.92 Å². The highest BCUT2D eigenvalue weighted by Gasteiger charge is 2.36. The van der Waals surface area contributed by atoms with Crippen molar-refractivity contribution >= 4 is 27.4 Å². The zero-order valence-electron chi connectivity index (χ0n) is 18.7. The number of phenolic OH excluding ortho intramolecular Hbond substituents is 1. The lowest BCUT2D eigenvalue weighted by molar-refractivity contribution is 0.0312. The summed E-state index contributed by atoms with van der Waals surface area (Å²) >= 11 is 0. The van der Waals surface area contributed by atoms with Gasteiger partial charge < -0.3 is 20.5 Å². The molecule has 2 aromatic carbocycles. The van der Waals surface area contributed by atoms with E-state index in [9.17, 15) is 18.3 Å². The van der Waals surface area contributed by atoms with Gasteiger partial charge in [-0.25, -0.2) is 13.2 Å². The van der Waals surface area contributed by atoms with Crippen LogP contribution in [0.5, 0.6) is 5.75 Å². The van der Waals surface area contributed by atoms with Crippen LogP contribution in [0.2, 0.25) is 0 Å². The summed E-state index contributed by atoms with van der Waals surface area (Å²) in [5, 5.41) is 15.1. The molecule has 10 heteroatoms. The molecule has 2 saturated heterocycles. The number of carbonyl (C=O) groups excluding carboxylic acids is 1. The minimum atomic E-state index is -3.62. The molecular weight excluding hydrogens is 444 g/mol. The number of nitrogens with one attached hydrogen (secondary N) is 2. The average Bonchev–Trinajstić information content (AvgIpc) is 3.26. The first-order valence-electron chi connectivity index (χ1n) is 11.1. The third-order valence-corrected chi connectivity index (χ3v) is 8.05.